The van der Waals surface area contributed by atoms with Crippen LogP contribution in [0.25, 0.3) is 10.9 Å². The highest BCUT2D eigenvalue weighted by Crippen LogP contribution is 2.29. The Kier molecular flexibility index (Phi) is 1.55. The van der Waals surface area contributed by atoms with Crippen LogP contribution in [0, 0.1) is 5.82 Å². The molecule has 0 aliphatic rings. The number of benzene rings is 1. The van der Waals surface area contributed by atoms with E-state index in [1.807, 2.05) is 0 Å². The second-order valence-electron chi connectivity index (χ2n) is 2.70. The molecule has 0 fully saturated rings. The van der Waals surface area contributed by atoms with Crippen molar-refractivity contribution in [3.63, 3.8) is 0 Å². The summed E-state index contributed by atoms with van der Waals surface area (Å²) in [7, 11) is 0. The van der Waals surface area contributed by atoms with E-state index < -0.39 is 11.6 Å². The first-order valence-electron chi connectivity index (χ1n) is 3.72. The molecule has 0 saturated heterocycles. The zero-order valence-corrected chi connectivity index (χ0v) is 6.66. The topological polar surface area (TPSA) is 59.1 Å². The molecule has 13 heavy (non-hydrogen) atoms. The van der Waals surface area contributed by atoms with Crippen molar-refractivity contribution in [2.24, 2.45) is 0 Å². The van der Waals surface area contributed by atoms with Crippen molar-refractivity contribution in [1.82, 2.24) is 4.98 Å². The van der Waals surface area contributed by atoms with Crippen LogP contribution in [-0.4, -0.2) is 10.1 Å². The number of phenolic OH excluding ortho intramolecular Hbond substituents is 1. The number of nitrogens with two attached hydrogens (primary N) is 1. The van der Waals surface area contributed by atoms with Gasteiger partial charge in [-0.15, -0.1) is 0 Å². The lowest BCUT2D eigenvalue weighted by molar-refractivity contribution is 0.438. The minimum Gasteiger partial charge on any atom is -0.503 e. The molecule has 4 heteroatoms. The normalized spacial score (nSPS) is 10.5. The van der Waals surface area contributed by atoms with Crippen LogP contribution >= 0.6 is 0 Å². The number of nitrogens with zero attached hydrogens (tertiary/aromatic N) is 1. The van der Waals surface area contributed by atoms with Gasteiger partial charge in [0.1, 0.15) is 5.52 Å². The van der Waals surface area contributed by atoms with Gasteiger partial charge in [-0.2, -0.15) is 0 Å². The summed E-state index contributed by atoms with van der Waals surface area (Å²) in [4.78, 5) is 3.83. The monoisotopic (exact) mass is 178 g/mol. The van der Waals surface area contributed by atoms with Crippen LogP contribution in [0.4, 0.5) is 10.1 Å². The molecule has 0 unspecified atom stereocenters. The number of halogens is 1. The van der Waals surface area contributed by atoms with E-state index >= 15 is 0 Å². The van der Waals surface area contributed by atoms with Crippen LogP contribution in [0.1, 0.15) is 0 Å². The zero-order chi connectivity index (χ0) is 9.42. The fraction of sp³-hybridized carbons (Fsp3) is 0. The second kappa shape index (κ2) is 2.58. The van der Waals surface area contributed by atoms with Gasteiger partial charge in [0.2, 0.25) is 0 Å². The van der Waals surface area contributed by atoms with Gasteiger partial charge < -0.3 is 10.8 Å². The van der Waals surface area contributed by atoms with Crippen LogP contribution in [-0.2, 0) is 0 Å². The Bertz CT molecular complexity index is 470. The van der Waals surface area contributed by atoms with Gasteiger partial charge in [0, 0.05) is 23.3 Å². The molecule has 0 radical (unpaired) electrons. The largest absolute Gasteiger partial charge is 0.503 e. The van der Waals surface area contributed by atoms with Gasteiger partial charge >= 0.3 is 0 Å². The molecule has 3 nitrogen and oxygen atoms in total. The SMILES string of the molecule is Nc1cc(F)c(O)c2ncccc12. The molecule has 2 aromatic rings. The molecule has 66 valence electrons. The van der Waals surface area contributed by atoms with Gasteiger partial charge in [0.25, 0.3) is 0 Å². The minimum atomic E-state index is -0.747. The molecule has 0 atom stereocenters. The maximum Gasteiger partial charge on any atom is 0.178 e. The van der Waals surface area contributed by atoms with Crippen molar-refractivity contribution in [3.8, 4) is 5.75 Å². The third-order valence-electron chi connectivity index (χ3n) is 1.85. The molecule has 1 aromatic carbocycles. The standard InChI is InChI=1S/C9H7FN2O/c10-6-4-7(11)5-2-1-3-12-8(5)9(6)13/h1-4,13H,11H2. The lowest BCUT2D eigenvalue weighted by Gasteiger charge is -2.03. The Hall–Kier alpha value is -1.84. The molecular formula is C9H7FN2O. The van der Waals surface area contributed by atoms with Crippen LogP contribution < -0.4 is 5.73 Å². The van der Waals surface area contributed by atoms with Crippen molar-refractivity contribution in [3.05, 3.63) is 30.2 Å². The summed E-state index contributed by atoms with van der Waals surface area (Å²) in [5, 5.41) is 9.85. The molecule has 0 aliphatic carbocycles. The Morgan fingerprint density at radius 3 is 3.00 bits per heavy atom. The summed E-state index contributed by atoms with van der Waals surface area (Å²) in [6.07, 6.45) is 1.47. The third-order valence-corrected chi connectivity index (χ3v) is 1.85. The molecule has 3 N–H and O–H groups in total. The zero-order valence-electron chi connectivity index (χ0n) is 6.66. The molecule has 0 aliphatic heterocycles. The van der Waals surface area contributed by atoms with E-state index in [9.17, 15) is 9.50 Å². The smallest absolute Gasteiger partial charge is 0.178 e. The summed E-state index contributed by atoms with van der Waals surface area (Å²) < 4.78 is 12.9. The van der Waals surface area contributed by atoms with Gasteiger partial charge in [-0.25, -0.2) is 4.39 Å². The predicted molar refractivity (Wildman–Crippen MR) is 47.8 cm³/mol. The minimum absolute atomic E-state index is 0.194. The molecule has 1 heterocycles. The molecule has 1 aromatic heterocycles. The summed E-state index contributed by atoms with van der Waals surface area (Å²) in [6, 6.07) is 4.44. The van der Waals surface area contributed by atoms with E-state index in [2.05, 4.69) is 4.98 Å². The van der Waals surface area contributed by atoms with Gasteiger partial charge in [0.05, 0.1) is 0 Å². The van der Waals surface area contributed by atoms with Crippen LogP contribution in [0.2, 0.25) is 0 Å². The summed E-state index contributed by atoms with van der Waals surface area (Å²) in [5.74, 6) is -1.20. The number of hydrogen-bond donors (Lipinski definition) is 2. The lowest BCUT2D eigenvalue weighted by Crippen LogP contribution is -1.91. The highest BCUT2D eigenvalue weighted by Gasteiger charge is 2.09. The molecular weight excluding hydrogens is 171 g/mol. The number of aromatic nitrogens is 1. The van der Waals surface area contributed by atoms with Gasteiger partial charge in [-0.3, -0.25) is 4.98 Å². The molecule has 0 saturated carbocycles. The van der Waals surface area contributed by atoms with Crippen molar-refractivity contribution >= 4 is 16.6 Å². The lowest BCUT2D eigenvalue weighted by atomic mass is 10.1. The number of aromatic hydroxyl groups is 1. The molecule has 0 amide bonds. The van der Waals surface area contributed by atoms with Crippen LogP contribution in [0.15, 0.2) is 24.4 Å². The predicted octanol–water partition coefficient (Wildman–Crippen LogP) is 1.66. The van der Waals surface area contributed by atoms with Gasteiger partial charge in [0.15, 0.2) is 11.6 Å². The van der Waals surface area contributed by atoms with Crippen molar-refractivity contribution in [2.45, 2.75) is 0 Å². The average Bonchev–Trinajstić information content (AvgIpc) is 2.15. The number of pyridine rings is 1. The Morgan fingerprint density at radius 1 is 1.46 bits per heavy atom. The fourth-order valence-electron chi connectivity index (χ4n) is 1.22. The highest BCUT2D eigenvalue weighted by atomic mass is 19.1. The summed E-state index contributed by atoms with van der Waals surface area (Å²) in [5.41, 5.74) is 6.01. The second-order valence-corrected chi connectivity index (χ2v) is 2.70. The number of rotatable bonds is 0. The fourth-order valence-corrected chi connectivity index (χ4v) is 1.22. The van der Waals surface area contributed by atoms with E-state index in [1.165, 1.54) is 6.20 Å². The summed E-state index contributed by atoms with van der Waals surface area (Å²) >= 11 is 0. The Morgan fingerprint density at radius 2 is 2.23 bits per heavy atom. The first-order valence-corrected chi connectivity index (χ1v) is 3.72. The van der Waals surface area contributed by atoms with E-state index in [4.69, 9.17) is 5.73 Å². The van der Waals surface area contributed by atoms with E-state index in [-0.39, 0.29) is 11.2 Å². The average molecular weight is 178 g/mol. The molecule has 0 spiro atoms. The first-order chi connectivity index (χ1) is 6.20. The van der Waals surface area contributed by atoms with Gasteiger partial charge in [-0.1, -0.05) is 0 Å². The van der Waals surface area contributed by atoms with Crippen molar-refractivity contribution in [2.75, 3.05) is 5.73 Å². The van der Waals surface area contributed by atoms with Crippen LogP contribution in [0.3, 0.4) is 0 Å². The number of anilines is 1. The number of hydrogen-bond acceptors (Lipinski definition) is 3. The maximum absolute atomic E-state index is 12.9. The Labute approximate surface area is 73.6 Å². The number of nitrogen functional groups attached to an aromatic ring is 1. The highest BCUT2D eigenvalue weighted by molar-refractivity contribution is 5.94. The van der Waals surface area contributed by atoms with E-state index in [1.54, 1.807) is 12.1 Å². The van der Waals surface area contributed by atoms with Crippen molar-refractivity contribution in [1.29, 1.82) is 0 Å². The first kappa shape index (κ1) is 7.79. The van der Waals surface area contributed by atoms with Gasteiger partial charge in [-0.05, 0) is 12.1 Å². The third kappa shape index (κ3) is 1.07. The maximum atomic E-state index is 12.9. The van der Waals surface area contributed by atoms with Crippen molar-refractivity contribution < 1.29 is 9.50 Å². The van der Waals surface area contributed by atoms with E-state index in [0.29, 0.717) is 5.39 Å². The van der Waals surface area contributed by atoms with E-state index in [0.717, 1.165) is 6.07 Å². The van der Waals surface area contributed by atoms with Crippen LogP contribution in [0.5, 0.6) is 5.75 Å². The molecule has 2 rings (SSSR count). The summed E-state index contributed by atoms with van der Waals surface area (Å²) in [6.45, 7) is 0. The Balaban J connectivity index is 2.97. The quantitative estimate of drug-likeness (QED) is 0.476. The molecule has 0 bridgehead atoms. The number of fused-ring (bicyclic) bond motifs is 1. The number of phenols is 1.